The van der Waals surface area contributed by atoms with Crippen LogP contribution < -0.4 is 5.73 Å². The highest BCUT2D eigenvalue weighted by Gasteiger charge is 2.19. The lowest BCUT2D eigenvalue weighted by Gasteiger charge is -2.27. The Bertz CT molecular complexity index is 378. The Balaban J connectivity index is 2.94. The highest BCUT2D eigenvalue weighted by atomic mass is 32.2. The number of halogens is 3. The fourth-order valence-electron chi connectivity index (χ4n) is 1.73. The maximum Gasteiger partial charge on any atom is 0.194 e. The number of rotatable bonds is 6. The quantitative estimate of drug-likeness (QED) is 0.810. The average molecular weight is 278 g/mol. The van der Waals surface area contributed by atoms with Crippen LogP contribution in [0.15, 0.2) is 12.1 Å². The van der Waals surface area contributed by atoms with Gasteiger partial charge in [0.1, 0.15) is 0 Å². The summed E-state index contributed by atoms with van der Waals surface area (Å²) in [6, 6.07) is 1.69. The molecule has 0 saturated heterocycles. The molecule has 0 aliphatic rings. The summed E-state index contributed by atoms with van der Waals surface area (Å²) in [5, 5.41) is 0. The van der Waals surface area contributed by atoms with Crippen LogP contribution in [0.3, 0.4) is 0 Å². The van der Waals surface area contributed by atoms with Gasteiger partial charge in [-0.15, -0.1) is 0 Å². The Morgan fingerprint density at radius 3 is 2.28 bits per heavy atom. The standard InChI is InChI=1S/C12H17F3N2S/c1-17(3-4-18-2)11(7-16)8-5-9(13)12(15)10(14)6-8/h5-6,11H,3-4,7,16H2,1-2H3. The Morgan fingerprint density at radius 2 is 1.83 bits per heavy atom. The first-order valence-corrected chi connectivity index (χ1v) is 6.94. The molecule has 6 heteroatoms. The summed E-state index contributed by atoms with van der Waals surface area (Å²) in [5.74, 6) is -2.91. The molecule has 0 fully saturated rings. The Kier molecular flexibility index (Phi) is 5.98. The molecule has 0 saturated carbocycles. The van der Waals surface area contributed by atoms with E-state index in [-0.39, 0.29) is 12.6 Å². The molecule has 1 rings (SSSR count). The Morgan fingerprint density at radius 1 is 1.28 bits per heavy atom. The number of benzene rings is 1. The monoisotopic (exact) mass is 278 g/mol. The van der Waals surface area contributed by atoms with Crippen molar-refractivity contribution in [2.75, 3.05) is 32.1 Å². The SMILES string of the molecule is CSCCN(C)C(CN)c1cc(F)c(F)c(F)c1. The normalized spacial score (nSPS) is 13.1. The summed E-state index contributed by atoms with van der Waals surface area (Å²) in [5.41, 5.74) is 5.99. The fourth-order valence-corrected chi connectivity index (χ4v) is 2.20. The zero-order chi connectivity index (χ0) is 13.7. The highest BCUT2D eigenvalue weighted by molar-refractivity contribution is 7.98. The number of thioether (sulfide) groups is 1. The summed E-state index contributed by atoms with van der Waals surface area (Å²) in [7, 11) is 1.83. The minimum absolute atomic E-state index is 0.218. The first-order valence-electron chi connectivity index (χ1n) is 5.55. The molecule has 0 aromatic heterocycles. The second-order valence-electron chi connectivity index (χ2n) is 4.02. The highest BCUT2D eigenvalue weighted by Crippen LogP contribution is 2.22. The van der Waals surface area contributed by atoms with Gasteiger partial charge in [0.25, 0.3) is 0 Å². The number of hydrogen-bond acceptors (Lipinski definition) is 3. The zero-order valence-corrected chi connectivity index (χ0v) is 11.2. The van der Waals surface area contributed by atoms with Crippen molar-refractivity contribution in [1.29, 1.82) is 0 Å². The molecule has 102 valence electrons. The molecule has 0 bridgehead atoms. The molecule has 0 heterocycles. The van der Waals surface area contributed by atoms with E-state index < -0.39 is 17.5 Å². The van der Waals surface area contributed by atoms with E-state index in [0.29, 0.717) is 5.56 Å². The van der Waals surface area contributed by atoms with Crippen LogP contribution in [-0.4, -0.2) is 37.0 Å². The van der Waals surface area contributed by atoms with Crippen molar-refractivity contribution < 1.29 is 13.2 Å². The van der Waals surface area contributed by atoms with E-state index >= 15 is 0 Å². The molecule has 18 heavy (non-hydrogen) atoms. The third kappa shape index (κ3) is 3.63. The summed E-state index contributed by atoms with van der Waals surface area (Å²) < 4.78 is 39.2. The lowest BCUT2D eigenvalue weighted by molar-refractivity contribution is 0.263. The predicted octanol–water partition coefficient (Wildman–Crippen LogP) is 2.40. The molecular weight excluding hydrogens is 261 g/mol. The molecule has 1 unspecified atom stereocenters. The first-order chi connectivity index (χ1) is 8.51. The molecule has 0 spiro atoms. The van der Waals surface area contributed by atoms with Crippen LogP contribution in [0.4, 0.5) is 13.2 Å². The van der Waals surface area contributed by atoms with Crippen molar-refractivity contribution >= 4 is 11.8 Å². The van der Waals surface area contributed by atoms with E-state index in [0.717, 1.165) is 24.4 Å². The minimum atomic E-state index is -1.44. The number of nitrogens with two attached hydrogens (primary N) is 1. The van der Waals surface area contributed by atoms with Crippen LogP contribution >= 0.6 is 11.8 Å². The minimum Gasteiger partial charge on any atom is -0.329 e. The van der Waals surface area contributed by atoms with Crippen molar-refractivity contribution in [3.63, 3.8) is 0 Å². The first kappa shape index (κ1) is 15.3. The Labute approximate surface area is 109 Å². The van der Waals surface area contributed by atoms with Crippen LogP contribution in [0.5, 0.6) is 0 Å². The maximum atomic E-state index is 13.2. The molecule has 0 amide bonds. The average Bonchev–Trinajstić information content (AvgIpc) is 2.34. The largest absolute Gasteiger partial charge is 0.329 e. The van der Waals surface area contributed by atoms with Crippen molar-refractivity contribution in [1.82, 2.24) is 4.90 Å². The van der Waals surface area contributed by atoms with E-state index in [1.54, 1.807) is 11.8 Å². The van der Waals surface area contributed by atoms with Crippen molar-refractivity contribution in [2.45, 2.75) is 6.04 Å². The van der Waals surface area contributed by atoms with Crippen molar-refractivity contribution in [3.8, 4) is 0 Å². The molecule has 2 nitrogen and oxygen atoms in total. The van der Waals surface area contributed by atoms with Gasteiger partial charge in [-0.05, 0) is 31.0 Å². The van der Waals surface area contributed by atoms with Gasteiger partial charge in [0, 0.05) is 24.9 Å². The van der Waals surface area contributed by atoms with Crippen LogP contribution in [-0.2, 0) is 0 Å². The number of nitrogens with zero attached hydrogens (tertiary/aromatic N) is 1. The van der Waals surface area contributed by atoms with Gasteiger partial charge in [-0.25, -0.2) is 13.2 Å². The topological polar surface area (TPSA) is 29.3 Å². The molecule has 2 N–H and O–H groups in total. The smallest absolute Gasteiger partial charge is 0.194 e. The second kappa shape index (κ2) is 7.01. The Hall–Kier alpha value is -0.720. The fraction of sp³-hybridized carbons (Fsp3) is 0.500. The van der Waals surface area contributed by atoms with E-state index in [1.807, 2.05) is 18.2 Å². The van der Waals surface area contributed by atoms with Gasteiger partial charge in [0.05, 0.1) is 0 Å². The van der Waals surface area contributed by atoms with Gasteiger partial charge >= 0.3 is 0 Å². The van der Waals surface area contributed by atoms with Crippen LogP contribution in [0.1, 0.15) is 11.6 Å². The predicted molar refractivity (Wildman–Crippen MR) is 69.1 cm³/mol. The second-order valence-corrected chi connectivity index (χ2v) is 5.01. The summed E-state index contributed by atoms with van der Waals surface area (Å²) in [6.07, 6.45) is 1.97. The van der Waals surface area contributed by atoms with Gasteiger partial charge in [0.15, 0.2) is 17.5 Å². The van der Waals surface area contributed by atoms with E-state index in [2.05, 4.69) is 0 Å². The molecule has 0 aliphatic carbocycles. The zero-order valence-electron chi connectivity index (χ0n) is 10.4. The van der Waals surface area contributed by atoms with Gasteiger partial charge in [-0.2, -0.15) is 11.8 Å². The summed E-state index contributed by atoms with van der Waals surface area (Å²) in [4.78, 5) is 1.91. The summed E-state index contributed by atoms with van der Waals surface area (Å²) in [6.45, 7) is 0.957. The lowest BCUT2D eigenvalue weighted by Crippen LogP contribution is -2.32. The van der Waals surface area contributed by atoms with Crippen LogP contribution in [0.25, 0.3) is 0 Å². The molecule has 1 atom stereocenters. The van der Waals surface area contributed by atoms with Gasteiger partial charge in [0.2, 0.25) is 0 Å². The van der Waals surface area contributed by atoms with Crippen LogP contribution in [0.2, 0.25) is 0 Å². The number of likely N-dealkylation sites (N-methyl/N-ethyl adjacent to an activating group) is 1. The van der Waals surface area contributed by atoms with E-state index in [4.69, 9.17) is 5.73 Å². The molecule has 0 radical (unpaired) electrons. The lowest BCUT2D eigenvalue weighted by atomic mass is 10.1. The molecular formula is C12H17F3N2S. The van der Waals surface area contributed by atoms with Gasteiger partial charge in [-0.3, -0.25) is 4.90 Å². The van der Waals surface area contributed by atoms with Crippen molar-refractivity contribution in [2.24, 2.45) is 5.73 Å². The third-order valence-electron chi connectivity index (χ3n) is 2.79. The molecule has 0 aliphatic heterocycles. The summed E-state index contributed by atoms with van der Waals surface area (Å²) >= 11 is 1.67. The molecule has 1 aromatic carbocycles. The van der Waals surface area contributed by atoms with Crippen LogP contribution in [0, 0.1) is 17.5 Å². The van der Waals surface area contributed by atoms with Gasteiger partial charge < -0.3 is 5.73 Å². The number of hydrogen-bond donors (Lipinski definition) is 1. The molecule has 1 aromatic rings. The third-order valence-corrected chi connectivity index (χ3v) is 3.39. The van der Waals surface area contributed by atoms with E-state index in [9.17, 15) is 13.2 Å². The van der Waals surface area contributed by atoms with Crippen molar-refractivity contribution in [3.05, 3.63) is 35.1 Å². The maximum absolute atomic E-state index is 13.2. The van der Waals surface area contributed by atoms with Gasteiger partial charge in [-0.1, -0.05) is 0 Å². The van der Waals surface area contributed by atoms with E-state index in [1.165, 1.54) is 0 Å².